The molecule has 95 valence electrons. The first kappa shape index (κ1) is 17.9. The van der Waals surface area contributed by atoms with Crippen LogP contribution in [0.15, 0.2) is 0 Å². The van der Waals surface area contributed by atoms with E-state index in [0.717, 1.165) is 13.0 Å². The molecule has 0 saturated carbocycles. The van der Waals surface area contributed by atoms with Crippen molar-refractivity contribution in [3.63, 3.8) is 0 Å². The molecule has 0 aromatic heterocycles. The molecule has 1 aliphatic rings. The van der Waals surface area contributed by atoms with E-state index in [-0.39, 0.29) is 44.7 Å². The Morgan fingerprint density at radius 2 is 2.18 bits per heavy atom. The monoisotopic (exact) mass is 332 g/mol. The summed E-state index contributed by atoms with van der Waals surface area (Å²) >= 11 is 0. The molecule has 5 heteroatoms. The predicted octanol–water partition coefficient (Wildman–Crippen LogP) is 2.26. The van der Waals surface area contributed by atoms with E-state index in [9.17, 15) is 4.39 Å². The molecule has 0 aliphatic carbocycles. The quantitative estimate of drug-likeness (QED) is 0.414. The Hall–Kier alpha value is 0.944. The van der Waals surface area contributed by atoms with Crippen molar-refractivity contribution >= 4 is 9.24 Å². The zero-order chi connectivity index (χ0) is 12.2. The van der Waals surface area contributed by atoms with E-state index in [2.05, 4.69) is 39.2 Å². The van der Waals surface area contributed by atoms with Crippen molar-refractivity contribution in [1.29, 1.82) is 0 Å². The fourth-order valence-corrected chi connectivity index (χ4v) is 2.37. The molecular formula is C12H21FN2PY-. The number of terminal acetylenes is 1. The second kappa shape index (κ2) is 8.18. The summed E-state index contributed by atoms with van der Waals surface area (Å²) in [5, 5.41) is 3.29. The van der Waals surface area contributed by atoms with Crippen LogP contribution in [0.2, 0.25) is 0 Å². The maximum Gasteiger partial charge on any atom is 0.148 e. The Balaban J connectivity index is 0.00000256. The summed E-state index contributed by atoms with van der Waals surface area (Å²) in [5.74, 6) is 2.88. The van der Waals surface area contributed by atoms with Gasteiger partial charge in [-0.2, -0.15) is 0 Å². The number of likely N-dealkylation sites (tertiary alicyclic amines) is 1. The molecule has 1 heterocycles. The molecule has 0 bridgehead atoms. The zero-order valence-electron chi connectivity index (χ0n) is 10.7. The minimum atomic E-state index is -1.10. The number of alkyl halides is 1. The second-order valence-corrected chi connectivity index (χ2v) is 5.62. The van der Waals surface area contributed by atoms with Crippen LogP contribution in [-0.2, 0) is 32.7 Å². The van der Waals surface area contributed by atoms with Gasteiger partial charge in [-0.05, 0) is 6.92 Å². The van der Waals surface area contributed by atoms with E-state index >= 15 is 0 Å². The summed E-state index contributed by atoms with van der Waals surface area (Å²) in [4.78, 5) is 2.08. The van der Waals surface area contributed by atoms with E-state index in [1.165, 1.54) is 0 Å². The van der Waals surface area contributed by atoms with Crippen molar-refractivity contribution in [2.75, 3.05) is 26.2 Å². The average molecular weight is 332 g/mol. The molecule has 0 spiro atoms. The molecule has 0 aromatic carbocycles. The van der Waals surface area contributed by atoms with Gasteiger partial charge in [-0.25, -0.2) is 4.39 Å². The van der Waals surface area contributed by atoms with Gasteiger partial charge in [0.25, 0.3) is 0 Å². The molecule has 1 rings (SSSR count). The van der Waals surface area contributed by atoms with Gasteiger partial charge in [0.15, 0.2) is 0 Å². The summed E-state index contributed by atoms with van der Waals surface area (Å²) in [6.07, 6.45) is 6.55. The van der Waals surface area contributed by atoms with Crippen molar-refractivity contribution in [2.45, 2.75) is 31.7 Å². The van der Waals surface area contributed by atoms with E-state index < -0.39 is 5.41 Å². The number of hydrogen-bond acceptors (Lipinski definition) is 1. The number of hydrogen-bond donors (Lipinski definition) is 0. The molecule has 1 aliphatic heterocycles. The van der Waals surface area contributed by atoms with E-state index in [1.807, 2.05) is 0 Å². The van der Waals surface area contributed by atoms with Crippen molar-refractivity contribution in [3.8, 4) is 12.3 Å². The van der Waals surface area contributed by atoms with Gasteiger partial charge >= 0.3 is 0 Å². The first-order chi connectivity index (χ1) is 7.50. The van der Waals surface area contributed by atoms with Crippen LogP contribution in [-0.4, -0.2) is 42.5 Å². The third-order valence-corrected chi connectivity index (χ3v) is 3.38. The minimum absolute atomic E-state index is 0. The Bertz CT molecular complexity index is 260. The van der Waals surface area contributed by atoms with Gasteiger partial charge in [0.1, 0.15) is 5.41 Å². The van der Waals surface area contributed by atoms with Gasteiger partial charge in [-0.1, -0.05) is 22.6 Å². The van der Waals surface area contributed by atoms with Crippen LogP contribution < -0.4 is 0 Å². The molecule has 3 unspecified atom stereocenters. The third kappa shape index (κ3) is 5.62. The van der Waals surface area contributed by atoms with Crippen LogP contribution in [0.25, 0.3) is 5.32 Å². The average Bonchev–Trinajstić information content (AvgIpc) is 2.20. The van der Waals surface area contributed by atoms with Crippen LogP contribution in [0, 0.1) is 18.3 Å². The number of nitrogens with zero attached hydrogens (tertiary/aromatic N) is 2. The molecule has 17 heavy (non-hydrogen) atoms. The molecule has 1 saturated heterocycles. The van der Waals surface area contributed by atoms with Gasteiger partial charge < -0.3 is 5.32 Å². The fourth-order valence-electron chi connectivity index (χ4n) is 1.90. The molecule has 1 fully saturated rings. The van der Waals surface area contributed by atoms with Crippen molar-refractivity contribution in [1.82, 2.24) is 4.90 Å². The first-order valence-corrected chi connectivity index (χ1v) is 6.39. The maximum atomic E-state index is 13.3. The molecule has 1 radical (unpaired) electrons. The van der Waals surface area contributed by atoms with E-state index in [0.29, 0.717) is 19.6 Å². The maximum absolute atomic E-state index is 13.3. The van der Waals surface area contributed by atoms with Crippen LogP contribution in [0.1, 0.15) is 20.3 Å². The van der Waals surface area contributed by atoms with E-state index in [1.54, 1.807) is 0 Å². The van der Waals surface area contributed by atoms with E-state index in [4.69, 9.17) is 6.42 Å². The minimum Gasteiger partial charge on any atom is -0.661 e. The van der Waals surface area contributed by atoms with Gasteiger partial charge in [0.2, 0.25) is 0 Å². The van der Waals surface area contributed by atoms with Crippen LogP contribution >= 0.6 is 9.24 Å². The first-order valence-electron chi connectivity index (χ1n) is 5.81. The molecular weight excluding hydrogens is 311 g/mol. The van der Waals surface area contributed by atoms with Crippen LogP contribution in [0.3, 0.4) is 0 Å². The zero-order valence-corrected chi connectivity index (χ0v) is 14.7. The Morgan fingerprint density at radius 1 is 1.59 bits per heavy atom. The molecule has 0 aromatic rings. The summed E-state index contributed by atoms with van der Waals surface area (Å²) < 4.78 is 13.3. The fraction of sp³-hybridized carbons (Fsp3) is 0.833. The molecule has 0 amide bonds. The van der Waals surface area contributed by atoms with Gasteiger partial charge in [0, 0.05) is 57.8 Å². The molecule has 0 N–H and O–H groups in total. The van der Waals surface area contributed by atoms with Crippen molar-refractivity contribution < 1.29 is 37.1 Å². The smallest absolute Gasteiger partial charge is 0.148 e. The predicted molar refractivity (Wildman–Crippen MR) is 70.3 cm³/mol. The largest absolute Gasteiger partial charge is 0.661 e. The summed E-state index contributed by atoms with van der Waals surface area (Å²) in [6.45, 7) is 6.64. The summed E-state index contributed by atoms with van der Waals surface area (Å²) in [7, 11) is 2.26. The second-order valence-electron chi connectivity index (χ2n) is 4.58. The van der Waals surface area contributed by atoms with Crippen molar-refractivity contribution in [2.24, 2.45) is 5.92 Å². The Morgan fingerprint density at radius 3 is 2.59 bits per heavy atom. The normalized spacial score (nSPS) is 21.8. The Kier molecular flexibility index (Phi) is 8.64. The molecule has 2 nitrogen and oxygen atoms in total. The summed E-state index contributed by atoms with van der Waals surface area (Å²) in [5.41, 5.74) is 0. The van der Waals surface area contributed by atoms with Gasteiger partial charge in [-0.15, -0.1) is 25.4 Å². The number of rotatable bonds is 6. The Labute approximate surface area is 132 Å². The standard InChI is InChI=1S/C12H21FN2P.Y/c1-4-6-14-7-11(5-2)10(3)15-8-12(13,16)9-15;/h2,10-11H,4,6-9,16H2,1,3H3;/q-1;. The molecule has 3 atom stereocenters. The van der Waals surface area contributed by atoms with Gasteiger partial charge in [0.05, 0.1) is 0 Å². The topological polar surface area (TPSA) is 17.3 Å². The third-order valence-electron chi connectivity index (χ3n) is 3.01. The SMILES string of the molecule is C#CC(C[N-]CCC)C(C)N1CC(F)(P)C1.[Y]. The van der Waals surface area contributed by atoms with Gasteiger partial charge in [-0.3, -0.25) is 4.90 Å². The number of halogens is 1. The summed E-state index contributed by atoms with van der Waals surface area (Å²) in [6, 6.07) is 0.218. The van der Waals surface area contributed by atoms with Crippen LogP contribution in [0.4, 0.5) is 4.39 Å². The van der Waals surface area contributed by atoms with Crippen molar-refractivity contribution in [3.05, 3.63) is 5.32 Å². The van der Waals surface area contributed by atoms with Crippen LogP contribution in [0.5, 0.6) is 0 Å².